The third-order valence-corrected chi connectivity index (χ3v) is 2.23. The second-order valence-corrected chi connectivity index (χ2v) is 9.08. The van der Waals surface area contributed by atoms with Crippen LogP contribution in [0.3, 0.4) is 0 Å². The summed E-state index contributed by atoms with van der Waals surface area (Å²) in [5.41, 5.74) is 0. The molecule has 0 aromatic rings. The number of alkyl halides is 1. The lowest BCUT2D eigenvalue weighted by Gasteiger charge is -2.08. The molecule has 0 saturated carbocycles. The van der Waals surface area contributed by atoms with Crippen LogP contribution in [-0.2, 0) is 0 Å². The Morgan fingerprint density at radius 1 is 1.40 bits per heavy atom. The molecule has 57 valence electrons. The van der Waals surface area contributed by atoms with Gasteiger partial charge in [0.25, 0.3) is 0 Å². The van der Waals surface area contributed by atoms with Crippen LogP contribution >= 0.6 is 15.9 Å². The minimum Gasteiger partial charge on any atom is -0.102 e. The summed E-state index contributed by atoms with van der Waals surface area (Å²) in [5.74, 6) is 6.16. The van der Waals surface area contributed by atoms with Gasteiger partial charge in [0.2, 0.25) is 0 Å². The zero-order valence-electron chi connectivity index (χ0n) is 6.87. The second kappa shape index (κ2) is 4.98. The molecule has 0 aromatic carbocycles. The molecule has 0 fully saturated rings. The number of rotatable bonds is 2. The highest BCUT2D eigenvalue weighted by atomic mass is 79.9. The smallest absolute Gasteiger partial charge is 0.0624 e. The van der Waals surface area contributed by atoms with E-state index in [1.54, 1.807) is 0 Å². The Hall–Kier alpha value is 0.257. The van der Waals surface area contributed by atoms with E-state index in [1.807, 2.05) is 0 Å². The Labute approximate surface area is 73.5 Å². The van der Waals surface area contributed by atoms with E-state index in [4.69, 9.17) is 0 Å². The van der Waals surface area contributed by atoms with Crippen molar-refractivity contribution < 1.29 is 0 Å². The van der Waals surface area contributed by atoms with Gasteiger partial charge in [0, 0.05) is 17.8 Å². The average molecular weight is 218 g/mol. The molecule has 0 aromatic heterocycles. The van der Waals surface area contributed by atoms with Gasteiger partial charge < -0.3 is 0 Å². The van der Waals surface area contributed by atoms with Crippen LogP contribution in [0.25, 0.3) is 0 Å². The summed E-state index contributed by atoms with van der Waals surface area (Å²) in [5, 5.41) is 0.986. The van der Waals surface area contributed by atoms with Crippen molar-refractivity contribution in [1.29, 1.82) is 0 Å². The number of hydrogen-bond acceptors (Lipinski definition) is 0. The average Bonchev–Trinajstić information content (AvgIpc) is 1.78. The van der Waals surface area contributed by atoms with Gasteiger partial charge in [-0.25, -0.2) is 0 Å². The van der Waals surface area contributed by atoms with E-state index in [-0.39, 0.29) is 0 Å². The van der Waals surface area contributed by atoms with Gasteiger partial charge >= 0.3 is 0 Å². The fourth-order valence-corrected chi connectivity index (χ4v) is 1.12. The molecule has 0 atom stereocenters. The molecule has 0 rings (SSSR count). The van der Waals surface area contributed by atoms with Gasteiger partial charge in [-0.05, 0) is 0 Å². The first-order chi connectivity index (χ1) is 4.56. The van der Waals surface area contributed by atoms with Crippen molar-refractivity contribution >= 4 is 24.0 Å². The zero-order chi connectivity index (χ0) is 8.04. The molecule has 0 amide bonds. The van der Waals surface area contributed by atoms with Crippen LogP contribution < -0.4 is 0 Å². The standard InChI is InChI=1S/C8H14BrSi/c1-10(2,3)8-6-4-5-7-9/h8H,5,7H2,1-3H3. The molecule has 10 heavy (non-hydrogen) atoms. The summed E-state index contributed by atoms with van der Waals surface area (Å²) in [4.78, 5) is 0. The van der Waals surface area contributed by atoms with E-state index in [1.165, 1.54) is 0 Å². The highest BCUT2D eigenvalue weighted by Crippen LogP contribution is 2.02. The van der Waals surface area contributed by atoms with Gasteiger partial charge in [-0.15, -0.1) is 11.8 Å². The third-order valence-electron chi connectivity index (χ3n) is 0.827. The van der Waals surface area contributed by atoms with Crippen molar-refractivity contribution in [2.75, 3.05) is 5.33 Å². The Bertz CT molecular complexity index is 136. The molecule has 0 nitrogen and oxygen atoms in total. The number of hydrogen-bond donors (Lipinski definition) is 0. The lowest BCUT2D eigenvalue weighted by atomic mass is 10.5. The summed E-state index contributed by atoms with van der Waals surface area (Å²) in [7, 11) is -1.02. The monoisotopic (exact) mass is 217 g/mol. The summed E-state index contributed by atoms with van der Waals surface area (Å²) < 4.78 is 0. The van der Waals surface area contributed by atoms with Gasteiger partial charge in [-0.2, -0.15) is 0 Å². The zero-order valence-corrected chi connectivity index (χ0v) is 9.46. The molecular formula is C8H14BrSi. The Kier molecular flexibility index (Phi) is 5.11. The summed E-state index contributed by atoms with van der Waals surface area (Å²) >= 11 is 3.32. The van der Waals surface area contributed by atoms with E-state index in [0.717, 1.165) is 11.8 Å². The van der Waals surface area contributed by atoms with Crippen LogP contribution in [0.4, 0.5) is 0 Å². The molecule has 0 saturated heterocycles. The largest absolute Gasteiger partial charge is 0.102 e. The molecule has 0 bridgehead atoms. The van der Waals surface area contributed by atoms with Gasteiger partial charge in [-0.1, -0.05) is 35.6 Å². The van der Waals surface area contributed by atoms with Crippen LogP contribution in [0, 0.1) is 17.9 Å². The molecule has 0 N–H and O–H groups in total. The van der Waals surface area contributed by atoms with E-state index in [9.17, 15) is 0 Å². The first-order valence-electron chi connectivity index (χ1n) is 3.45. The molecule has 2 heteroatoms. The van der Waals surface area contributed by atoms with Crippen molar-refractivity contribution in [2.45, 2.75) is 26.1 Å². The minimum atomic E-state index is -1.02. The van der Waals surface area contributed by atoms with Crippen molar-refractivity contribution in [1.82, 2.24) is 0 Å². The van der Waals surface area contributed by atoms with Gasteiger partial charge in [0.1, 0.15) is 0 Å². The molecule has 0 unspecified atom stereocenters. The lowest BCUT2D eigenvalue weighted by molar-refractivity contribution is 1.32. The SMILES string of the molecule is C[Si](C)(C)[CH]C#CCCBr. The minimum absolute atomic E-state index is 0.959. The van der Waals surface area contributed by atoms with E-state index >= 15 is 0 Å². The molecule has 0 spiro atoms. The summed E-state index contributed by atoms with van der Waals surface area (Å²) in [6.45, 7) is 6.86. The molecular weight excluding hydrogens is 204 g/mol. The summed E-state index contributed by atoms with van der Waals surface area (Å²) in [6.07, 6.45) is 0.959. The van der Waals surface area contributed by atoms with Crippen molar-refractivity contribution in [3.05, 3.63) is 6.04 Å². The first-order valence-corrected chi connectivity index (χ1v) is 8.15. The van der Waals surface area contributed by atoms with Crippen LogP contribution in [0.5, 0.6) is 0 Å². The third kappa shape index (κ3) is 8.26. The van der Waals surface area contributed by atoms with E-state index < -0.39 is 8.07 Å². The van der Waals surface area contributed by atoms with Crippen molar-refractivity contribution in [3.8, 4) is 11.8 Å². The Morgan fingerprint density at radius 3 is 2.40 bits per heavy atom. The highest BCUT2D eigenvalue weighted by Gasteiger charge is 2.09. The first kappa shape index (κ1) is 10.3. The second-order valence-electron chi connectivity index (χ2n) is 3.27. The van der Waals surface area contributed by atoms with Gasteiger partial charge in [0.05, 0.1) is 8.07 Å². The predicted molar refractivity (Wildman–Crippen MR) is 53.8 cm³/mol. The normalized spacial score (nSPS) is 10.4. The molecule has 1 radical (unpaired) electrons. The van der Waals surface area contributed by atoms with Gasteiger partial charge in [0.15, 0.2) is 0 Å². The highest BCUT2D eigenvalue weighted by molar-refractivity contribution is 9.09. The maximum absolute atomic E-state index is 3.32. The maximum atomic E-state index is 3.32. The quantitative estimate of drug-likeness (QED) is 0.380. The fraction of sp³-hybridized carbons (Fsp3) is 0.625. The Morgan fingerprint density at radius 2 is 2.00 bits per heavy atom. The van der Waals surface area contributed by atoms with Crippen LogP contribution in [-0.4, -0.2) is 13.4 Å². The van der Waals surface area contributed by atoms with Crippen LogP contribution in [0.2, 0.25) is 19.6 Å². The molecule has 0 heterocycles. The molecule has 0 aliphatic carbocycles. The van der Waals surface area contributed by atoms with Gasteiger partial charge in [-0.3, -0.25) is 0 Å². The van der Waals surface area contributed by atoms with E-state index in [2.05, 4.69) is 53.5 Å². The maximum Gasteiger partial charge on any atom is 0.0624 e. The molecule has 0 aliphatic heterocycles. The molecule has 0 aliphatic rings. The van der Waals surface area contributed by atoms with Crippen LogP contribution in [0.1, 0.15) is 6.42 Å². The van der Waals surface area contributed by atoms with E-state index in [0.29, 0.717) is 0 Å². The van der Waals surface area contributed by atoms with Crippen molar-refractivity contribution in [2.24, 2.45) is 0 Å². The number of halogens is 1. The summed E-state index contributed by atoms with van der Waals surface area (Å²) in [6, 6.07) is 2.18. The van der Waals surface area contributed by atoms with Crippen LogP contribution in [0.15, 0.2) is 0 Å². The Balaban J connectivity index is 3.46. The topological polar surface area (TPSA) is 0 Å². The van der Waals surface area contributed by atoms with Crippen molar-refractivity contribution in [3.63, 3.8) is 0 Å². The lowest BCUT2D eigenvalue weighted by Crippen LogP contribution is -2.19. The fourth-order valence-electron chi connectivity index (χ4n) is 0.387. The predicted octanol–water partition coefficient (Wildman–Crippen LogP) is 2.86.